The summed E-state index contributed by atoms with van der Waals surface area (Å²) < 4.78 is 5.89. The molecule has 0 aliphatic carbocycles. The number of amides is 1. The summed E-state index contributed by atoms with van der Waals surface area (Å²) in [5, 5.41) is 0. The topological polar surface area (TPSA) is 67.7 Å². The summed E-state index contributed by atoms with van der Waals surface area (Å²) in [7, 11) is 1.79. The lowest BCUT2D eigenvalue weighted by Gasteiger charge is -2.42. The standard InChI is InChI=1S/C30H40N4O2/c1-7-12-23(21-31-6)14-8-15-24-16-9-17-25(33-24)26-18-10-19-27(28-22(2)13-11-20-32-28)34(26)29(35)36-30(3,4)5/h8-9,11-13,15-17,20-21,26-27H,7,10,14,18-19H2,1-6H3/b15-8+,23-12-,31-21?. The lowest BCUT2D eigenvalue weighted by Crippen LogP contribution is -2.44. The summed E-state index contributed by atoms with van der Waals surface area (Å²) in [6.45, 7) is 9.88. The number of pyridine rings is 2. The molecule has 2 atom stereocenters. The van der Waals surface area contributed by atoms with Gasteiger partial charge in [0.2, 0.25) is 0 Å². The lowest BCUT2D eigenvalue weighted by molar-refractivity contribution is -0.00804. The molecule has 2 unspecified atom stereocenters. The summed E-state index contributed by atoms with van der Waals surface area (Å²) in [6, 6.07) is 9.67. The number of hydrogen-bond acceptors (Lipinski definition) is 5. The van der Waals surface area contributed by atoms with Crippen molar-refractivity contribution in [3.63, 3.8) is 0 Å². The van der Waals surface area contributed by atoms with E-state index in [2.05, 4.69) is 29.1 Å². The van der Waals surface area contributed by atoms with Gasteiger partial charge in [0.05, 0.1) is 29.2 Å². The molecule has 2 aromatic rings. The molecule has 3 rings (SSSR count). The Morgan fingerprint density at radius 3 is 2.67 bits per heavy atom. The highest BCUT2D eigenvalue weighted by molar-refractivity contribution is 5.79. The van der Waals surface area contributed by atoms with Gasteiger partial charge in [0.25, 0.3) is 0 Å². The third-order valence-corrected chi connectivity index (χ3v) is 6.13. The van der Waals surface area contributed by atoms with E-state index < -0.39 is 5.60 Å². The zero-order chi connectivity index (χ0) is 26.1. The Morgan fingerprint density at radius 1 is 1.19 bits per heavy atom. The second kappa shape index (κ2) is 12.6. The Bertz CT molecular complexity index is 1110. The van der Waals surface area contributed by atoms with Crippen molar-refractivity contribution in [2.24, 2.45) is 4.99 Å². The van der Waals surface area contributed by atoms with Gasteiger partial charge >= 0.3 is 6.09 Å². The Labute approximate surface area is 216 Å². The van der Waals surface area contributed by atoms with Crippen molar-refractivity contribution >= 4 is 18.4 Å². The SMILES string of the molecule is CC/C=C(\C=NC)C/C=C/c1cccc(C2CCCC(c3ncccc3C)N2C(=O)OC(C)(C)C)n1. The van der Waals surface area contributed by atoms with Crippen LogP contribution in [-0.4, -0.2) is 39.8 Å². The molecule has 0 bridgehead atoms. The van der Waals surface area contributed by atoms with Crippen LogP contribution in [0.1, 0.15) is 94.5 Å². The van der Waals surface area contributed by atoms with Crippen LogP contribution in [-0.2, 0) is 4.74 Å². The Morgan fingerprint density at radius 2 is 1.97 bits per heavy atom. The molecule has 1 saturated heterocycles. The van der Waals surface area contributed by atoms with Crippen molar-refractivity contribution in [3.05, 3.63) is 76.9 Å². The monoisotopic (exact) mass is 488 g/mol. The summed E-state index contributed by atoms with van der Waals surface area (Å²) in [6.07, 6.45) is 14.1. The first-order valence-electron chi connectivity index (χ1n) is 12.9. The van der Waals surface area contributed by atoms with Crippen molar-refractivity contribution in [2.45, 2.75) is 84.4 Å². The second-order valence-electron chi connectivity index (χ2n) is 10.2. The van der Waals surface area contributed by atoms with Gasteiger partial charge in [-0.05, 0) is 95.2 Å². The van der Waals surface area contributed by atoms with E-state index in [4.69, 9.17) is 9.72 Å². The molecule has 36 heavy (non-hydrogen) atoms. The quantitative estimate of drug-likeness (QED) is 0.380. The average molecular weight is 489 g/mol. The molecule has 0 N–H and O–H groups in total. The number of carbonyl (C=O) groups is 1. The highest BCUT2D eigenvalue weighted by atomic mass is 16.6. The second-order valence-corrected chi connectivity index (χ2v) is 10.2. The number of allylic oxidation sites excluding steroid dienone is 3. The molecule has 0 spiro atoms. The number of ether oxygens (including phenoxy) is 1. The highest BCUT2D eigenvalue weighted by Crippen LogP contribution is 2.42. The van der Waals surface area contributed by atoms with Gasteiger partial charge in [-0.1, -0.05) is 31.2 Å². The summed E-state index contributed by atoms with van der Waals surface area (Å²) in [4.78, 5) is 29.2. The minimum atomic E-state index is -0.591. The molecule has 192 valence electrons. The first-order chi connectivity index (χ1) is 17.2. The molecule has 1 aliphatic rings. The van der Waals surface area contributed by atoms with E-state index in [0.717, 1.165) is 54.7 Å². The highest BCUT2D eigenvalue weighted by Gasteiger charge is 2.40. The zero-order valence-corrected chi connectivity index (χ0v) is 22.6. The van der Waals surface area contributed by atoms with Gasteiger partial charge in [0, 0.05) is 19.5 Å². The van der Waals surface area contributed by atoms with Crippen LogP contribution in [0.15, 0.2) is 59.2 Å². The molecule has 1 fully saturated rings. The molecule has 3 heterocycles. The number of aromatic nitrogens is 2. The molecule has 2 aromatic heterocycles. The molecular weight excluding hydrogens is 448 g/mol. The van der Waals surface area contributed by atoms with Crippen molar-refractivity contribution in [1.29, 1.82) is 0 Å². The number of piperidine rings is 1. The van der Waals surface area contributed by atoms with Crippen LogP contribution in [0.4, 0.5) is 4.79 Å². The third-order valence-electron chi connectivity index (χ3n) is 6.13. The number of nitrogens with zero attached hydrogens (tertiary/aromatic N) is 4. The largest absolute Gasteiger partial charge is 0.444 e. The summed E-state index contributed by atoms with van der Waals surface area (Å²) >= 11 is 0. The van der Waals surface area contributed by atoms with E-state index in [1.165, 1.54) is 5.57 Å². The number of likely N-dealkylation sites (tertiary alicyclic amines) is 1. The maximum absolute atomic E-state index is 13.6. The van der Waals surface area contributed by atoms with Gasteiger partial charge in [-0.2, -0.15) is 0 Å². The smallest absolute Gasteiger partial charge is 0.411 e. The number of rotatable bonds is 7. The van der Waals surface area contributed by atoms with E-state index in [9.17, 15) is 4.79 Å². The molecule has 6 nitrogen and oxygen atoms in total. The number of hydrogen-bond donors (Lipinski definition) is 0. The van der Waals surface area contributed by atoms with Crippen molar-refractivity contribution < 1.29 is 9.53 Å². The Hall–Kier alpha value is -3.28. The predicted octanol–water partition coefficient (Wildman–Crippen LogP) is 7.43. The van der Waals surface area contributed by atoms with Gasteiger partial charge in [-0.25, -0.2) is 4.79 Å². The van der Waals surface area contributed by atoms with Gasteiger partial charge in [-0.3, -0.25) is 19.9 Å². The number of carbonyl (C=O) groups excluding carboxylic acids is 1. The van der Waals surface area contributed by atoms with Crippen LogP contribution < -0.4 is 0 Å². The minimum Gasteiger partial charge on any atom is -0.444 e. The van der Waals surface area contributed by atoms with E-state index in [1.807, 2.05) is 75.2 Å². The maximum atomic E-state index is 13.6. The molecule has 0 radical (unpaired) electrons. The van der Waals surface area contributed by atoms with E-state index in [1.54, 1.807) is 13.2 Å². The minimum absolute atomic E-state index is 0.157. The average Bonchev–Trinajstić information content (AvgIpc) is 2.83. The van der Waals surface area contributed by atoms with Gasteiger partial charge in [0.15, 0.2) is 0 Å². The third kappa shape index (κ3) is 7.36. The first kappa shape index (κ1) is 27.3. The van der Waals surface area contributed by atoms with E-state index in [-0.39, 0.29) is 18.2 Å². The predicted molar refractivity (Wildman–Crippen MR) is 147 cm³/mol. The fourth-order valence-corrected chi connectivity index (χ4v) is 4.65. The Balaban J connectivity index is 1.93. The number of aryl methyl sites for hydroxylation is 1. The van der Waals surface area contributed by atoms with Crippen LogP contribution in [0.25, 0.3) is 6.08 Å². The molecule has 1 aliphatic heterocycles. The van der Waals surface area contributed by atoms with Crippen molar-refractivity contribution in [3.8, 4) is 0 Å². The van der Waals surface area contributed by atoms with Crippen LogP contribution in [0.3, 0.4) is 0 Å². The fraction of sp³-hybridized carbons (Fsp3) is 0.467. The molecule has 0 aromatic carbocycles. The van der Waals surface area contributed by atoms with Gasteiger partial charge in [-0.15, -0.1) is 0 Å². The van der Waals surface area contributed by atoms with Crippen LogP contribution in [0.5, 0.6) is 0 Å². The molecular formula is C30H40N4O2. The normalized spacial score (nSPS) is 19.3. The van der Waals surface area contributed by atoms with Crippen molar-refractivity contribution in [2.75, 3.05) is 7.05 Å². The molecule has 6 heteroatoms. The first-order valence-corrected chi connectivity index (χ1v) is 12.9. The molecule has 1 amide bonds. The number of aliphatic imine (C=N–C) groups is 1. The van der Waals surface area contributed by atoms with Gasteiger partial charge < -0.3 is 4.74 Å². The van der Waals surface area contributed by atoms with Crippen molar-refractivity contribution in [1.82, 2.24) is 14.9 Å². The van der Waals surface area contributed by atoms with Crippen LogP contribution in [0, 0.1) is 6.92 Å². The van der Waals surface area contributed by atoms with Crippen LogP contribution in [0.2, 0.25) is 0 Å². The maximum Gasteiger partial charge on any atom is 0.411 e. The van der Waals surface area contributed by atoms with Gasteiger partial charge in [0.1, 0.15) is 5.60 Å². The summed E-state index contributed by atoms with van der Waals surface area (Å²) in [5.41, 5.74) is 4.35. The van der Waals surface area contributed by atoms with E-state index >= 15 is 0 Å². The Kier molecular flexibility index (Phi) is 9.57. The lowest BCUT2D eigenvalue weighted by atomic mass is 9.90. The van der Waals surface area contributed by atoms with Crippen LogP contribution >= 0.6 is 0 Å². The fourth-order valence-electron chi connectivity index (χ4n) is 4.65. The summed E-state index contributed by atoms with van der Waals surface area (Å²) in [5.74, 6) is 0. The molecule has 0 saturated carbocycles. The zero-order valence-electron chi connectivity index (χ0n) is 22.6. The van der Waals surface area contributed by atoms with E-state index in [0.29, 0.717) is 0 Å².